The van der Waals surface area contributed by atoms with Crippen molar-refractivity contribution in [3.05, 3.63) is 0 Å². The Kier molecular flexibility index (Phi) is 5.14. The van der Waals surface area contributed by atoms with Crippen molar-refractivity contribution in [1.82, 2.24) is 0 Å². The number of hydrogen-bond donors (Lipinski definition) is 1. The van der Waals surface area contributed by atoms with Gasteiger partial charge in [0.15, 0.2) is 0 Å². The third-order valence-corrected chi connectivity index (χ3v) is 0.683. The molecule has 0 bridgehead atoms. The van der Waals surface area contributed by atoms with Crippen LogP contribution in [0.3, 0.4) is 0 Å². The summed E-state index contributed by atoms with van der Waals surface area (Å²) in [6.45, 7) is 2.60. The van der Waals surface area contributed by atoms with Crippen molar-refractivity contribution in [2.75, 3.05) is 6.54 Å². The molecule has 0 aromatic carbocycles. The second-order valence-corrected chi connectivity index (χ2v) is 1.32. The van der Waals surface area contributed by atoms with Crippen LogP contribution in [0.2, 0.25) is 0 Å². The SMILES string of the molecule is CC#CCCCN. The van der Waals surface area contributed by atoms with Crippen molar-refractivity contribution >= 4 is 0 Å². The minimum atomic E-state index is 0.759. The van der Waals surface area contributed by atoms with E-state index in [-0.39, 0.29) is 0 Å². The molecule has 40 valence electrons. The Hall–Kier alpha value is -0.480. The van der Waals surface area contributed by atoms with Gasteiger partial charge in [-0.15, -0.1) is 11.8 Å². The summed E-state index contributed by atoms with van der Waals surface area (Å²) in [5.41, 5.74) is 5.20. The Balaban J connectivity index is 2.78. The highest BCUT2D eigenvalue weighted by Gasteiger charge is 1.72. The molecule has 1 nitrogen and oxygen atoms in total. The molecule has 0 aromatic rings. The molecule has 0 aliphatic heterocycles. The van der Waals surface area contributed by atoms with Gasteiger partial charge in [-0.1, -0.05) is 0 Å². The van der Waals surface area contributed by atoms with Crippen LogP contribution in [0.25, 0.3) is 0 Å². The fourth-order valence-corrected chi connectivity index (χ4v) is 0.315. The lowest BCUT2D eigenvalue weighted by Crippen LogP contribution is -1.96. The average molecular weight is 97.2 g/mol. The van der Waals surface area contributed by atoms with E-state index in [0.29, 0.717) is 0 Å². The quantitative estimate of drug-likeness (QED) is 0.399. The maximum Gasteiger partial charge on any atom is 0.0101 e. The maximum absolute atomic E-state index is 5.20. The van der Waals surface area contributed by atoms with Crippen molar-refractivity contribution in [2.45, 2.75) is 19.8 Å². The van der Waals surface area contributed by atoms with E-state index in [0.717, 1.165) is 19.4 Å². The lowest BCUT2D eigenvalue weighted by molar-refractivity contribution is 0.870. The smallest absolute Gasteiger partial charge is 0.0101 e. The number of unbranched alkanes of at least 4 members (excludes halogenated alkanes) is 1. The summed E-state index contributed by atoms with van der Waals surface area (Å²) in [5, 5.41) is 0. The van der Waals surface area contributed by atoms with Gasteiger partial charge >= 0.3 is 0 Å². The largest absolute Gasteiger partial charge is 0.330 e. The lowest BCUT2D eigenvalue weighted by atomic mass is 10.3. The first-order valence-corrected chi connectivity index (χ1v) is 2.51. The molecule has 0 unspecified atom stereocenters. The van der Waals surface area contributed by atoms with Gasteiger partial charge in [0.1, 0.15) is 0 Å². The van der Waals surface area contributed by atoms with Crippen LogP contribution in [0.5, 0.6) is 0 Å². The molecule has 0 saturated heterocycles. The molecule has 0 atom stereocenters. The fourth-order valence-electron chi connectivity index (χ4n) is 0.315. The summed E-state index contributed by atoms with van der Waals surface area (Å²) in [5.74, 6) is 5.72. The van der Waals surface area contributed by atoms with Crippen molar-refractivity contribution in [3.63, 3.8) is 0 Å². The van der Waals surface area contributed by atoms with Crippen molar-refractivity contribution < 1.29 is 0 Å². The molecule has 0 aromatic heterocycles. The fraction of sp³-hybridized carbons (Fsp3) is 0.667. The molecule has 1 heteroatoms. The molecule has 0 amide bonds. The summed E-state index contributed by atoms with van der Waals surface area (Å²) in [7, 11) is 0. The highest BCUT2D eigenvalue weighted by atomic mass is 14.5. The zero-order chi connectivity index (χ0) is 5.54. The van der Waals surface area contributed by atoms with Gasteiger partial charge < -0.3 is 5.73 Å². The number of hydrogen-bond acceptors (Lipinski definition) is 1. The average Bonchev–Trinajstić information content (AvgIpc) is 1.69. The van der Waals surface area contributed by atoms with Gasteiger partial charge in [0.05, 0.1) is 0 Å². The monoisotopic (exact) mass is 97.1 g/mol. The van der Waals surface area contributed by atoms with E-state index < -0.39 is 0 Å². The zero-order valence-corrected chi connectivity index (χ0v) is 4.70. The Bertz CT molecular complexity index is 75.9. The van der Waals surface area contributed by atoms with E-state index in [9.17, 15) is 0 Å². The third-order valence-electron chi connectivity index (χ3n) is 0.683. The summed E-state index contributed by atoms with van der Waals surface area (Å²) in [6.07, 6.45) is 1.98. The van der Waals surface area contributed by atoms with Crippen LogP contribution in [-0.2, 0) is 0 Å². The highest BCUT2D eigenvalue weighted by molar-refractivity contribution is 4.94. The molecule has 0 spiro atoms. The summed E-state index contributed by atoms with van der Waals surface area (Å²) < 4.78 is 0. The van der Waals surface area contributed by atoms with Crippen LogP contribution in [0.15, 0.2) is 0 Å². The first-order valence-electron chi connectivity index (χ1n) is 2.51. The summed E-state index contributed by atoms with van der Waals surface area (Å²) in [6, 6.07) is 0. The van der Waals surface area contributed by atoms with E-state index in [1.807, 2.05) is 6.92 Å². The minimum Gasteiger partial charge on any atom is -0.330 e. The van der Waals surface area contributed by atoms with Gasteiger partial charge in [-0.3, -0.25) is 0 Å². The van der Waals surface area contributed by atoms with Crippen LogP contribution >= 0.6 is 0 Å². The molecule has 0 rings (SSSR count). The predicted octanol–water partition coefficient (Wildman–Crippen LogP) is 0.749. The van der Waals surface area contributed by atoms with Gasteiger partial charge in [0, 0.05) is 6.42 Å². The van der Waals surface area contributed by atoms with Gasteiger partial charge in [0.2, 0.25) is 0 Å². The normalized spacial score (nSPS) is 7.14. The molecule has 0 aliphatic carbocycles. The van der Waals surface area contributed by atoms with Crippen LogP contribution < -0.4 is 5.73 Å². The van der Waals surface area contributed by atoms with Gasteiger partial charge in [0.25, 0.3) is 0 Å². The van der Waals surface area contributed by atoms with Crippen molar-refractivity contribution in [2.24, 2.45) is 5.73 Å². The van der Waals surface area contributed by atoms with Crippen molar-refractivity contribution in [3.8, 4) is 11.8 Å². The molecule has 0 saturated carbocycles. The second-order valence-electron chi connectivity index (χ2n) is 1.32. The zero-order valence-electron chi connectivity index (χ0n) is 4.70. The minimum absolute atomic E-state index is 0.759. The molecular weight excluding hydrogens is 86.1 g/mol. The van der Waals surface area contributed by atoms with E-state index in [2.05, 4.69) is 11.8 Å². The Morgan fingerprint density at radius 2 is 2.29 bits per heavy atom. The number of nitrogens with two attached hydrogens (primary N) is 1. The van der Waals surface area contributed by atoms with Gasteiger partial charge in [-0.05, 0) is 19.9 Å². The summed E-state index contributed by atoms with van der Waals surface area (Å²) in [4.78, 5) is 0. The Morgan fingerprint density at radius 1 is 1.57 bits per heavy atom. The van der Waals surface area contributed by atoms with Crippen LogP contribution in [0, 0.1) is 11.8 Å². The Morgan fingerprint density at radius 3 is 2.71 bits per heavy atom. The highest BCUT2D eigenvalue weighted by Crippen LogP contribution is 1.79. The van der Waals surface area contributed by atoms with E-state index in [1.165, 1.54) is 0 Å². The van der Waals surface area contributed by atoms with Crippen LogP contribution in [0.4, 0.5) is 0 Å². The first-order chi connectivity index (χ1) is 3.41. The molecule has 0 radical (unpaired) electrons. The first kappa shape index (κ1) is 6.52. The Labute approximate surface area is 44.9 Å². The van der Waals surface area contributed by atoms with Crippen LogP contribution in [0.1, 0.15) is 19.8 Å². The molecule has 0 fully saturated rings. The topological polar surface area (TPSA) is 26.0 Å². The summed E-state index contributed by atoms with van der Waals surface area (Å²) >= 11 is 0. The standard InChI is InChI=1S/C6H11N/c1-2-3-4-5-6-7/h4-7H2,1H3. The molecule has 0 heterocycles. The molecule has 7 heavy (non-hydrogen) atoms. The van der Waals surface area contributed by atoms with E-state index in [1.54, 1.807) is 0 Å². The predicted molar refractivity (Wildman–Crippen MR) is 31.7 cm³/mol. The molecule has 2 N–H and O–H groups in total. The van der Waals surface area contributed by atoms with E-state index >= 15 is 0 Å². The van der Waals surface area contributed by atoms with Crippen LogP contribution in [-0.4, -0.2) is 6.54 Å². The lowest BCUT2D eigenvalue weighted by Gasteiger charge is -1.81. The second kappa shape index (κ2) is 5.52. The molecular formula is C6H11N. The third kappa shape index (κ3) is 5.52. The molecule has 0 aliphatic rings. The maximum atomic E-state index is 5.20. The van der Waals surface area contributed by atoms with E-state index in [4.69, 9.17) is 5.73 Å². The number of rotatable bonds is 2. The van der Waals surface area contributed by atoms with Gasteiger partial charge in [-0.2, -0.15) is 0 Å². The van der Waals surface area contributed by atoms with Gasteiger partial charge in [-0.25, -0.2) is 0 Å². The van der Waals surface area contributed by atoms with Crippen molar-refractivity contribution in [1.29, 1.82) is 0 Å².